The van der Waals surface area contributed by atoms with Crippen molar-refractivity contribution in [2.75, 3.05) is 33.8 Å². The average molecular weight is 404 g/mol. The van der Waals surface area contributed by atoms with Gasteiger partial charge in [0, 0.05) is 49.2 Å². The Labute approximate surface area is 174 Å². The summed E-state index contributed by atoms with van der Waals surface area (Å²) in [5.41, 5.74) is 4.07. The van der Waals surface area contributed by atoms with Gasteiger partial charge < -0.3 is 9.15 Å². The SMILES string of the molecule is COc1ccc(-c2ccc3c([C@H]4CN(Cc5ccco5)CCN4C)nnn3c2)cn1. The average Bonchev–Trinajstić information content (AvgIpc) is 3.44. The Morgan fingerprint density at radius 1 is 1.13 bits per heavy atom. The van der Waals surface area contributed by atoms with Gasteiger partial charge >= 0.3 is 0 Å². The van der Waals surface area contributed by atoms with E-state index in [2.05, 4.69) is 44.3 Å². The van der Waals surface area contributed by atoms with E-state index in [1.54, 1.807) is 19.6 Å². The Morgan fingerprint density at radius 3 is 2.80 bits per heavy atom. The maximum Gasteiger partial charge on any atom is 0.212 e. The van der Waals surface area contributed by atoms with Crippen molar-refractivity contribution in [2.24, 2.45) is 0 Å². The van der Waals surface area contributed by atoms with E-state index in [9.17, 15) is 0 Å². The molecule has 1 aliphatic rings. The predicted molar refractivity (Wildman–Crippen MR) is 112 cm³/mol. The monoisotopic (exact) mass is 404 g/mol. The molecule has 30 heavy (non-hydrogen) atoms. The van der Waals surface area contributed by atoms with Crippen molar-refractivity contribution in [1.29, 1.82) is 0 Å². The van der Waals surface area contributed by atoms with Crippen molar-refractivity contribution in [3.63, 3.8) is 0 Å². The Morgan fingerprint density at radius 2 is 2.03 bits per heavy atom. The fourth-order valence-electron chi connectivity index (χ4n) is 3.99. The highest BCUT2D eigenvalue weighted by atomic mass is 16.5. The molecule has 0 radical (unpaired) electrons. The smallest absolute Gasteiger partial charge is 0.212 e. The molecule has 154 valence electrons. The van der Waals surface area contributed by atoms with E-state index in [-0.39, 0.29) is 6.04 Å². The van der Waals surface area contributed by atoms with Gasteiger partial charge in [-0.2, -0.15) is 0 Å². The highest BCUT2D eigenvalue weighted by molar-refractivity contribution is 5.66. The van der Waals surface area contributed by atoms with Crippen molar-refractivity contribution >= 4 is 5.52 Å². The number of ether oxygens (including phenoxy) is 1. The zero-order valence-electron chi connectivity index (χ0n) is 17.1. The molecule has 5 heterocycles. The van der Waals surface area contributed by atoms with E-state index in [0.29, 0.717) is 5.88 Å². The summed E-state index contributed by atoms with van der Waals surface area (Å²) in [7, 11) is 3.76. The second kappa shape index (κ2) is 7.89. The fourth-order valence-corrected chi connectivity index (χ4v) is 3.99. The summed E-state index contributed by atoms with van der Waals surface area (Å²) in [5.74, 6) is 1.59. The van der Waals surface area contributed by atoms with Gasteiger partial charge in [0.05, 0.1) is 31.5 Å². The third-order valence-corrected chi connectivity index (χ3v) is 5.73. The minimum Gasteiger partial charge on any atom is -0.481 e. The summed E-state index contributed by atoms with van der Waals surface area (Å²) in [6, 6.07) is 12.2. The van der Waals surface area contributed by atoms with Crippen LogP contribution < -0.4 is 4.74 Å². The normalized spacial score (nSPS) is 18.1. The molecule has 8 heteroatoms. The molecule has 1 atom stereocenters. The maximum atomic E-state index is 5.53. The lowest BCUT2D eigenvalue weighted by molar-refractivity contribution is 0.0840. The number of aromatic nitrogens is 4. The minimum atomic E-state index is 0.180. The van der Waals surface area contributed by atoms with Crippen molar-refractivity contribution in [3.8, 4) is 17.0 Å². The molecule has 0 saturated carbocycles. The van der Waals surface area contributed by atoms with E-state index >= 15 is 0 Å². The van der Waals surface area contributed by atoms with Crippen LogP contribution >= 0.6 is 0 Å². The van der Waals surface area contributed by atoms with Crippen LogP contribution in [0.1, 0.15) is 17.5 Å². The van der Waals surface area contributed by atoms with Crippen molar-refractivity contribution in [2.45, 2.75) is 12.6 Å². The van der Waals surface area contributed by atoms with Gasteiger partial charge in [-0.15, -0.1) is 5.10 Å². The van der Waals surface area contributed by atoms with Crippen LogP contribution in [0.3, 0.4) is 0 Å². The first-order valence-electron chi connectivity index (χ1n) is 10.0. The summed E-state index contributed by atoms with van der Waals surface area (Å²) in [6.07, 6.45) is 5.53. The molecule has 1 aliphatic heterocycles. The molecular formula is C22H24N6O2. The standard InChI is InChI=1S/C22H24N6O2/c1-26-9-10-27(14-18-4-3-11-30-18)15-20(26)22-19-7-5-17(13-28(19)25-24-22)16-6-8-21(29-2)23-12-16/h3-8,11-13,20H,9-10,14-15H2,1-2H3/t20-/m1/s1. The van der Waals surface area contributed by atoms with Crippen LogP contribution in [0.4, 0.5) is 0 Å². The summed E-state index contributed by atoms with van der Waals surface area (Å²) in [6.45, 7) is 3.67. The van der Waals surface area contributed by atoms with Crippen LogP contribution in [0.5, 0.6) is 5.88 Å². The molecule has 0 amide bonds. The molecule has 8 nitrogen and oxygen atoms in total. The van der Waals surface area contributed by atoms with Gasteiger partial charge in [0.2, 0.25) is 5.88 Å². The number of hydrogen-bond donors (Lipinski definition) is 0. The number of pyridine rings is 2. The van der Waals surface area contributed by atoms with Gasteiger partial charge in [-0.3, -0.25) is 9.80 Å². The summed E-state index contributed by atoms with van der Waals surface area (Å²) in [5, 5.41) is 8.96. The Balaban J connectivity index is 1.40. The number of rotatable bonds is 5. The fraction of sp³-hybridized carbons (Fsp3) is 0.318. The lowest BCUT2D eigenvalue weighted by Crippen LogP contribution is -2.46. The molecular weight excluding hydrogens is 380 g/mol. The lowest BCUT2D eigenvalue weighted by atomic mass is 10.1. The lowest BCUT2D eigenvalue weighted by Gasteiger charge is -2.38. The number of piperazine rings is 1. The van der Waals surface area contributed by atoms with Crippen LogP contribution in [0.25, 0.3) is 16.6 Å². The van der Waals surface area contributed by atoms with Crippen molar-refractivity contribution in [3.05, 3.63) is 66.5 Å². The Bertz CT molecular complexity index is 1120. The van der Waals surface area contributed by atoms with Gasteiger partial charge in [0.15, 0.2) is 0 Å². The maximum absolute atomic E-state index is 5.53. The van der Waals surface area contributed by atoms with Crippen molar-refractivity contribution in [1.82, 2.24) is 29.6 Å². The summed E-state index contributed by atoms with van der Waals surface area (Å²) >= 11 is 0. The van der Waals surface area contributed by atoms with E-state index in [4.69, 9.17) is 9.15 Å². The van der Waals surface area contributed by atoms with Gasteiger partial charge in [-0.05, 0) is 31.3 Å². The number of methoxy groups -OCH3 is 1. The van der Waals surface area contributed by atoms with Crippen LogP contribution in [-0.2, 0) is 6.54 Å². The van der Waals surface area contributed by atoms with Gasteiger partial charge in [0.1, 0.15) is 11.5 Å². The van der Waals surface area contributed by atoms with Gasteiger partial charge in [-0.1, -0.05) is 11.3 Å². The van der Waals surface area contributed by atoms with E-state index < -0.39 is 0 Å². The number of furan rings is 1. The third kappa shape index (κ3) is 3.55. The summed E-state index contributed by atoms with van der Waals surface area (Å²) in [4.78, 5) is 9.05. The number of likely N-dealkylation sites (N-methyl/N-ethyl adjacent to an activating group) is 1. The molecule has 5 rings (SSSR count). The Hall–Kier alpha value is -3.23. The van der Waals surface area contributed by atoms with E-state index in [1.165, 1.54) is 0 Å². The highest BCUT2D eigenvalue weighted by Gasteiger charge is 2.29. The topological polar surface area (TPSA) is 71.9 Å². The zero-order chi connectivity index (χ0) is 20.5. The third-order valence-electron chi connectivity index (χ3n) is 5.73. The van der Waals surface area contributed by atoms with E-state index in [1.807, 2.05) is 35.0 Å². The highest BCUT2D eigenvalue weighted by Crippen LogP contribution is 2.28. The predicted octanol–water partition coefficient (Wildman–Crippen LogP) is 2.88. The van der Waals surface area contributed by atoms with Crippen LogP contribution in [0.2, 0.25) is 0 Å². The molecule has 0 N–H and O–H groups in total. The Kier molecular flexibility index (Phi) is 4.94. The minimum absolute atomic E-state index is 0.180. The molecule has 0 aliphatic carbocycles. The number of hydrogen-bond acceptors (Lipinski definition) is 7. The molecule has 0 aromatic carbocycles. The molecule has 4 aromatic rings. The quantitative estimate of drug-likeness (QED) is 0.506. The first kappa shape index (κ1) is 18.8. The van der Waals surface area contributed by atoms with Gasteiger partial charge in [-0.25, -0.2) is 9.50 Å². The van der Waals surface area contributed by atoms with Crippen LogP contribution in [0, 0.1) is 0 Å². The van der Waals surface area contributed by atoms with E-state index in [0.717, 1.165) is 54.3 Å². The second-order valence-corrected chi connectivity index (χ2v) is 7.62. The van der Waals surface area contributed by atoms with Crippen LogP contribution in [0.15, 0.2) is 59.5 Å². The van der Waals surface area contributed by atoms with Gasteiger partial charge in [0.25, 0.3) is 0 Å². The molecule has 1 saturated heterocycles. The second-order valence-electron chi connectivity index (χ2n) is 7.62. The molecule has 1 fully saturated rings. The largest absolute Gasteiger partial charge is 0.481 e. The number of nitrogens with zero attached hydrogens (tertiary/aromatic N) is 6. The van der Waals surface area contributed by atoms with Crippen molar-refractivity contribution < 1.29 is 9.15 Å². The first-order valence-corrected chi connectivity index (χ1v) is 10.0. The molecule has 4 aromatic heterocycles. The number of fused-ring (bicyclic) bond motifs is 1. The first-order chi connectivity index (χ1) is 14.7. The molecule has 0 bridgehead atoms. The molecule has 0 spiro atoms. The zero-order valence-corrected chi connectivity index (χ0v) is 17.1. The summed E-state index contributed by atoms with van der Waals surface area (Å²) < 4.78 is 12.5. The molecule has 0 unspecified atom stereocenters. The van der Waals surface area contributed by atoms with Crippen LogP contribution in [-0.4, -0.2) is 63.4 Å².